The lowest BCUT2D eigenvalue weighted by Crippen LogP contribution is -2.33. The van der Waals surface area contributed by atoms with Crippen molar-refractivity contribution in [1.82, 2.24) is 20.2 Å². The van der Waals surface area contributed by atoms with Gasteiger partial charge in [-0.2, -0.15) is 9.41 Å². The van der Waals surface area contributed by atoms with Gasteiger partial charge in [0.15, 0.2) is 11.9 Å². The third-order valence-electron chi connectivity index (χ3n) is 7.45. The molecule has 2 aromatic heterocycles. The van der Waals surface area contributed by atoms with Crippen LogP contribution in [0.2, 0.25) is 5.02 Å². The van der Waals surface area contributed by atoms with Crippen LogP contribution in [0.1, 0.15) is 53.2 Å². The van der Waals surface area contributed by atoms with Crippen LogP contribution in [0.3, 0.4) is 0 Å². The molecular formula is C31H25ClN6O4. The molecular weight excluding hydrogens is 556 g/mol. The van der Waals surface area contributed by atoms with E-state index >= 15 is 0 Å². The van der Waals surface area contributed by atoms with E-state index in [0.29, 0.717) is 58.0 Å². The van der Waals surface area contributed by atoms with E-state index < -0.39 is 5.97 Å². The van der Waals surface area contributed by atoms with Gasteiger partial charge in [-0.3, -0.25) is 4.79 Å². The molecule has 11 heteroatoms. The molecule has 42 heavy (non-hydrogen) atoms. The van der Waals surface area contributed by atoms with Gasteiger partial charge in [0, 0.05) is 39.9 Å². The molecule has 0 fully saturated rings. The number of fused-ring (bicyclic) bond motifs is 4. The highest BCUT2D eigenvalue weighted by atomic mass is 35.5. The zero-order valence-electron chi connectivity index (χ0n) is 22.3. The first-order valence-electron chi connectivity index (χ1n) is 13.4. The Bertz CT molecular complexity index is 1810. The van der Waals surface area contributed by atoms with Gasteiger partial charge >= 0.3 is 5.97 Å². The number of aromatic nitrogens is 5. The maximum Gasteiger partial charge on any atom is 0.335 e. The van der Waals surface area contributed by atoms with Gasteiger partial charge in [0.25, 0.3) is 0 Å². The summed E-state index contributed by atoms with van der Waals surface area (Å²) in [5, 5.41) is 38.1. The molecule has 1 amide bonds. The van der Waals surface area contributed by atoms with Gasteiger partial charge < -0.3 is 15.6 Å². The summed E-state index contributed by atoms with van der Waals surface area (Å²) < 4.78 is 2.39. The second kappa shape index (κ2) is 11.4. The van der Waals surface area contributed by atoms with Gasteiger partial charge in [-0.1, -0.05) is 42.3 Å². The van der Waals surface area contributed by atoms with E-state index in [1.54, 1.807) is 30.3 Å². The number of benzene rings is 3. The molecule has 5 aromatic rings. The fraction of sp³-hybridized carbons (Fsp3) is 0.161. The SMILES string of the molecule is O=C1CCCC[C@@H](c2ccc(-c3cc(Cl)ccc3-n3cnnn3)c[n+]2[O-])c2cccc(c2)-c2cc(C(=O)O)ccc2N1. The first kappa shape index (κ1) is 27.1. The summed E-state index contributed by atoms with van der Waals surface area (Å²) in [5.41, 5.74) is 5.51. The standard InChI is InChI=1S/C31H25ClN6O4/c32-23-10-13-28(37-18-33-35-36-37)26(16-23)22-9-12-29(38(42)17-22)24-6-1-2-7-30(39)34-27-11-8-21(31(40)41)15-25(27)20-5-3-4-19(24)14-20/h3-5,8-18,24H,1-2,6-7H2,(H,34,39)(H,40,41)/t24-/m1/s1. The van der Waals surface area contributed by atoms with Crippen LogP contribution in [-0.2, 0) is 4.79 Å². The predicted molar refractivity (Wildman–Crippen MR) is 156 cm³/mol. The number of carbonyl (C=O) groups is 2. The summed E-state index contributed by atoms with van der Waals surface area (Å²) in [6.07, 6.45) is 5.32. The topological polar surface area (TPSA) is 137 Å². The second-order valence-electron chi connectivity index (χ2n) is 10.1. The summed E-state index contributed by atoms with van der Waals surface area (Å²) in [6, 6.07) is 21.3. The van der Waals surface area contributed by atoms with Crippen LogP contribution >= 0.6 is 11.6 Å². The largest absolute Gasteiger partial charge is 0.618 e. The van der Waals surface area contributed by atoms with Crippen molar-refractivity contribution in [2.75, 3.05) is 5.32 Å². The van der Waals surface area contributed by atoms with Crippen LogP contribution in [-0.4, -0.2) is 37.2 Å². The Labute approximate surface area is 245 Å². The highest BCUT2D eigenvalue weighted by Gasteiger charge is 2.25. The summed E-state index contributed by atoms with van der Waals surface area (Å²) in [6.45, 7) is 0. The molecule has 3 aromatic carbocycles. The Balaban J connectivity index is 1.43. The van der Waals surface area contributed by atoms with Gasteiger partial charge in [0.05, 0.1) is 17.2 Å². The van der Waals surface area contributed by atoms with E-state index in [1.807, 2.05) is 36.4 Å². The van der Waals surface area contributed by atoms with Gasteiger partial charge in [-0.25, -0.2) is 4.79 Å². The molecule has 210 valence electrons. The lowest BCUT2D eigenvalue weighted by molar-refractivity contribution is -0.614. The fourth-order valence-corrected chi connectivity index (χ4v) is 5.58. The third kappa shape index (κ3) is 5.44. The third-order valence-corrected chi connectivity index (χ3v) is 7.69. The van der Waals surface area contributed by atoms with Crippen LogP contribution in [0.15, 0.2) is 85.3 Å². The number of tetrazole rings is 1. The Morgan fingerprint density at radius 1 is 1.02 bits per heavy atom. The van der Waals surface area contributed by atoms with Gasteiger partial charge in [-0.15, -0.1) is 5.10 Å². The lowest BCUT2D eigenvalue weighted by atomic mass is 9.87. The summed E-state index contributed by atoms with van der Waals surface area (Å²) in [7, 11) is 0. The predicted octanol–water partition coefficient (Wildman–Crippen LogP) is 5.63. The van der Waals surface area contributed by atoms with Crippen molar-refractivity contribution in [2.24, 2.45) is 0 Å². The van der Waals surface area contributed by atoms with Gasteiger partial charge in [-0.05, 0) is 76.9 Å². The highest BCUT2D eigenvalue weighted by Crippen LogP contribution is 2.36. The first-order valence-corrected chi connectivity index (χ1v) is 13.8. The molecule has 3 heterocycles. The minimum Gasteiger partial charge on any atom is -0.618 e. The molecule has 2 bridgehead atoms. The monoisotopic (exact) mass is 580 g/mol. The van der Waals surface area contributed by atoms with Gasteiger partial charge in [0.1, 0.15) is 6.33 Å². The number of hydrogen-bond acceptors (Lipinski definition) is 6. The summed E-state index contributed by atoms with van der Waals surface area (Å²) in [5.74, 6) is -1.46. The number of carbonyl (C=O) groups excluding carboxylic acids is 1. The number of halogens is 1. The van der Waals surface area contributed by atoms with Gasteiger partial charge in [0.2, 0.25) is 5.91 Å². The molecule has 1 atom stereocenters. The number of nitrogens with one attached hydrogen (secondary N) is 1. The van der Waals surface area contributed by atoms with E-state index in [-0.39, 0.29) is 17.4 Å². The van der Waals surface area contributed by atoms with Crippen LogP contribution in [0, 0.1) is 5.21 Å². The van der Waals surface area contributed by atoms with Crippen LogP contribution in [0.25, 0.3) is 27.9 Å². The molecule has 10 nitrogen and oxygen atoms in total. The molecule has 0 saturated carbocycles. The van der Waals surface area contributed by atoms with Crippen molar-refractivity contribution < 1.29 is 19.4 Å². The van der Waals surface area contributed by atoms with Crippen molar-refractivity contribution in [3.05, 3.63) is 112 Å². The summed E-state index contributed by atoms with van der Waals surface area (Å²) in [4.78, 5) is 24.4. The molecule has 0 radical (unpaired) electrons. The number of aromatic carboxylic acids is 1. The van der Waals surface area contributed by atoms with Crippen LogP contribution in [0.4, 0.5) is 5.69 Å². The highest BCUT2D eigenvalue weighted by molar-refractivity contribution is 6.31. The number of carboxylic acids is 1. The second-order valence-corrected chi connectivity index (χ2v) is 10.6. The lowest BCUT2D eigenvalue weighted by Gasteiger charge is -2.20. The number of hydrogen-bond donors (Lipinski definition) is 2. The van der Waals surface area contributed by atoms with E-state index in [1.165, 1.54) is 23.3 Å². The molecule has 1 aliphatic heterocycles. The smallest absolute Gasteiger partial charge is 0.335 e. The fourth-order valence-electron chi connectivity index (χ4n) is 5.41. The average molecular weight is 581 g/mol. The number of rotatable bonds is 4. The zero-order valence-corrected chi connectivity index (χ0v) is 23.0. The summed E-state index contributed by atoms with van der Waals surface area (Å²) >= 11 is 6.31. The van der Waals surface area contributed by atoms with Crippen molar-refractivity contribution in [3.63, 3.8) is 0 Å². The van der Waals surface area contributed by atoms with E-state index in [4.69, 9.17) is 11.6 Å². The van der Waals surface area contributed by atoms with E-state index in [9.17, 15) is 19.9 Å². The first-order chi connectivity index (χ1) is 20.4. The van der Waals surface area contributed by atoms with E-state index in [0.717, 1.165) is 22.3 Å². The maximum atomic E-state index is 13.6. The van der Waals surface area contributed by atoms with Crippen molar-refractivity contribution in [2.45, 2.75) is 31.6 Å². The Morgan fingerprint density at radius 2 is 1.90 bits per heavy atom. The molecule has 0 unspecified atom stereocenters. The number of anilines is 1. The quantitative estimate of drug-likeness (QED) is 0.208. The maximum absolute atomic E-state index is 13.6. The Hall–Kier alpha value is -5.09. The molecule has 0 spiro atoms. The minimum atomic E-state index is -1.06. The number of nitrogens with zero attached hydrogens (tertiary/aromatic N) is 5. The number of amides is 1. The number of carboxylic acid groups (broad SMARTS) is 1. The van der Waals surface area contributed by atoms with Crippen molar-refractivity contribution in [1.29, 1.82) is 0 Å². The molecule has 6 rings (SSSR count). The molecule has 1 aliphatic rings. The average Bonchev–Trinajstić information content (AvgIpc) is 3.52. The zero-order chi connectivity index (χ0) is 29.2. The molecule has 0 saturated heterocycles. The Kier molecular flexibility index (Phi) is 7.37. The van der Waals surface area contributed by atoms with E-state index in [2.05, 4.69) is 20.8 Å². The Morgan fingerprint density at radius 3 is 2.69 bits per heavy atom. The normalized spacial score (nSPS) is 15.2. The molecule has 2 N–H and O–H groups in total. The minimum absolute atomic E-state index is 0.118. The van der Waals surface area contributed by atoms with Crippen LogP contribution < -0.4 is 10.0 Å². The van der Waals surface area contributed by atoms with Crippen LogP contribution in [0.5, 0.6) is 0 Å². The van der Waals surface area contributed by atoms with Crippen molar-refractivity contribution >= 4 is 29.2 Å². The molecule has 0 aliphatic carbocycles. The van der Waals surface area contributed by atoms with Crippen molar-refractivity contribution in [3.8, 4) is 27.9 Å². The number of pyridine rings is 1.